The molecular weight excluding hydrogens is 328 g/mol. The summed E-state index contributed by atoms with van der Waals surface area (Å²) in [5.41, 5.74) is 6.03. The molecule has 0 aromatic heterocycles. The Morgan fingerprint density at radius 1 is 1.29 bits per heavy atom. The lowest BCUT2D eigenvalue weighted by molar-refractivity contribution is 0.477. The third-order valence-corrected chi connectivity index (χ3v) is 6.00. The van der Waals surface area contributed by atoms with Gasteiger partial charge < -0.3 is 5.73 Å². The molecule has 1 aliphatic heterocycles. The van der Waals surface area contributed by atoms with E-state index >= 15 is 0 Å². The minimum absolute atomic E-state index is 0.143. The number of anilines is 1. The Kier molecular flexibility index (Phi) is 3.68. The second kappa shape index (κ2) is 4.76. The maximum absolute atomic E-state index is 12.3. The number of nitrogen functional groups attached to an aromatic ring is 1. The molecule has 1 fully saturated rings. The van der Waals surface area contributed by atoms with Gasteiger partial charge in [0.25, 0.3) is 0 Å². The quantitative estimate of drug-likeness (QED) is 0.842. The third kappa shape index (κ3) is 2.45. The summed E-state index contributed by atoms with van der Waals surface area (Å²) >= 11 is 9.06. The topological polar surface area (TPSA) is 63.4 Å². The van der Waals surface area contributed by atoms with Gasteiger partial charge >= 0.3 is 0 Å². The molecule has 0 spiro atoms. The largest absolute Gasteiger partial charge is 0.398 e. The van der Waals surface area contributed by atoms with Gasteiger partial charge in [-0.05, 0) is 40.9 Å². The van der Waals surface area contributed by atoms with Gasteiger partial charge in [-0.25, -0.2) is 8.42 Å². The summed E-state index contributed by atoms with van der Waals surface area (Å²) in [5, 5.41) is 0.323. The van der Waals surface area contributed by atoms with Crippen LogP contribution in [0.5, 0.6) is 0 Å². The molecule has 1 saturated heterocycles. The first kappa shape index (κ1) is 13.1. The normalized spacial score (nSPS) is 17.5. The molecule has 1 aromatic rings. The summed E-state index contributed by atoms with van der Waals surface area (Å²) in [4.78, 5) is 0.143. The highest BCUT2D eigenvalue weighted by atomic mass is 79.9. The Hall–Kier alpha value is -0.300. The van der Waals surface area contributed by atoms with E-state index in [1.165, 1.54) is 16.4 Å². The molecule has 94 valence electrons. The van der Waals surface area contributed by atoms with Crippen molar-refractivity contribution in [2.24, 2.45) is 0 Å². The third-order valence-electron chi connectivity index (χ3n) is 2.72. The van der Waals surface area contributed by atoms with E-state index in [-0.39, 0.29) is 4.90 Å². The lowest BCUT2D eigenvalue weighted by Gasteiger charge is -2.17. The molecule has 0 saturated carbocycles. The SMILES string of the molecule is Nc1cc(Cl)cc(S(=O)(=O)N2CCCC2)c1Br. The number of sulfonamides is 1. The molecular formula is C10H12BrClN2O2S. The number of hydrogen-bond donors (Lipinski definition) is 1. The van der Waals surface area contributed by atoms with Gasteiger partial charge in [0.15, 0.2) is 0 Å². The molecule has 2 N–H and O–H groups in total. The average Bonchev–Trinajstić information content (AvgIpc) is 2.76. The van der Waals surface area contributed by atoms with E-state index in [9.17, 15) is 8.42 Å². The monoisotopic (exact) mass is 338 g/mol. The summed E-state index contributed by atoms with van der Waals surface area (Å²) in [6.45, 7) is 1.11. The van der Waals surface area contributed by atoms with Crippen molar-refractivity contribution in [3.05, 3.63) is 21.6 Å². The van der Waals surface area contributed by atoms with E-state index in [0.717, 1.165) is 12.8 Å². The fraction of sp³-hybridized carbons (Fsp3) is 0.400. The van der Waals surface area contributed by atoms with Gasteiger partial charge in [0.05, 0.1) is 9.37 Å². The Balaban J connectivity index is 2.52. The van der Waals surface area contributed by atoms with E-state index in [2.05, 4.69) is 15.9 Å². The number of benzene rings is 1. The van der Waals surface area contributed by atoms with Crippen LogP contribution in [0.4, 0.5) is 5.69 Å². The predicted octanol–water partition coefficient (Wildman–Crippen LogP) is 2.47. The lowest BCUT2D eigenvalue weighted by atomic mass is 10.3. The number of hydrogen-bond acceptors (Lipinski definition) is 3. The van der Waals surface area contributed by atoms with Crippen LogP contribution in [-0.4, -0.2) is 25.8 Å². The molecule has 0 amide bonds. The second-order valence-corrected chi connectivity index (χ2v) is 7.05. The number of nitrogens with two attached hydrogens (primary N) is 1. The van der Waals surface area contributed by atoms with Gasteiger partial charge in [0.1, 0.15) is 0 Å². The minimum atomic E-state index is -3.49. The summed E-state index contributed by atoms with van der Waals surface area (Å²) in [6, 6.07) is 2.95. The van der Waals surface area contributed by atoms with Crippen molar-refractivity contribution in [1.29, 1.82) is 0 Å². The van der Waals surface area contributed by atoms with Crippen molar-refractivity contribution in [3.8, 4) is 0 Å². The van der Waals surface area contributed by atoms with Crippen LogP contribution in [0.25, 0.3) is 0 Å². The van der Waals surface area contributed by atoms with Gasteiger partial charge in [-0.2, -0.15) is 4.31 Å². The first-order valence-electron chi connectivity index (χ1n) is 5.17. The molecule has 0 radical (unpaired) electrons. The second-order valence-electron chi connectivity index (χ2n) is 3.92. The van der Waals surface area contributed by atoms with Crippen LogP contribution in [-0.2, 0) is 10.0 Å². The highest BCUT2D eigenvalue weighted by molar-refractivity contribution is 9.10. The van der Waals surface area contributed by atoms with Gasteiger partial charge in [-0.1, -0.05) is 11.6 Å². The Bertz CT molecular complexity index is 541. The van der Waals surface area contributed by atoms with Crippen LogP contribution in [0.1, 0.15) is 12.8 Å². The smallest absolute Gasteiger partial charge is 0.244 e. The summed E-state index contributed by atoms with van der Waals surface area (Å²) in [5.74, 6) is 0. The van der Waals surface area contributed by atoms with Crippen molar-refractivity contribution in [3.63, 3.8) is 0 Å². The zero-order chi connectivity index (χ0) is 12.6. The maximum atomic E-state index is 12.3. The van der Waals surface area contributed by atoms with E-state index in [4.69, 9.17) is 17.3 Å². The molecule has 4 nitrogen and oxygen atoms in total. The zero-order valence-corrected chi connectivity index (χ0v) is 12.1. The number of halogens is 2. The van der Waals surface area contributed by atoms with Crippen molar-refractivity contribution >= 4 is 43.2 Å². The summed E-state index contributed by atoms with van der Waals surface area (Å²) in [7, 11) is -3.49. The van der Waals surface area contributed by atoms with Crippen LogP contribution in [0.15, 0.2) is 21.5 Å². The Labute approximate surface area is 114 Å². The van der Waals surface area contributed by atoms with Crippen LogP contribution >= 0.6 is 27.5 Å². The van der Waals surface area contributed by atoms with Gasteiger partial charge in [-0.15, -0.1) is 0 Å². The highest BCUT2D eigenvalue weighted by Crippen LogP contribution is 2.34. The van der Waals surface area contributed by atoms with Crippen LogP contribution in [0.2, 0.25) is 5.02 Å². The van der Waals surface area contributed by atoms with E-state index in [0.29, 0.717) is 28.3 Å². The fourth-order valence-electron chi connectivity index (χ4n) is 1.84. The first-order valence-corrected chi connectivity index (χ1v) is 7.78. The Morgan fingerprint density at radius 2 is 1.88 bits per heavy atom. The number of rotatable bonds is 2. The average molecular weight is 340 g/mol. The van der Waals surface area contributed by atoms with Crippen molar-refractivity contribution in [1.82, 2.24) is 4.31 Å². The molecule has 0 atom stereocenters. The lowest BCUT2D eigenvalue weighted by Crippen LogP contribution is -2.28. The van der Waals surface area contributed by atoms with E-state index < -0.39 is 10.0 Å². The van der Waals surface area contributed by atoms with Gasteiger partial charge in [-0.3, -0.25) is 0 Å². The van der Waals surface area contributed by atoms with Crippen molar-refractivity contribution < 1.29 is 8.42 Å². The summed E-state index contributed by atoms with van der Waals surface area (Å²) < 4.78 is 26.5. The molecule has 7 heteroatoms. The molecule has 1 aliphatic rings. The molecule has 2 rings (SSSR count). The predicted molar refractivity (Wildman–Crippen MR) is 71.6 cm³/mol. The Morgan fingerprint density at radius 3 is 2.47 bits per heavy atom. The first-order chi connectivity index (χ1) is 7.93. The van der Waals surface area contributed by atoms with Crippen LogP contribution in [0.3, 0.4) is 0 Å². The zero-order valence-electron chi connectivity index (χ0n) is 8.99. The minimum Gasteiger partial charge on any atom is -0.398 e. The molecule has 1 heterocycles. The van der Waals surface area contributed by atoms with Crippen LogP contribution < -0.4 is 5.73 Å². The van der Waals surface area contributed by atoms with E-state index in [1.807, 2.05) is 0 Å². The molecule has 1 aromatic carbocycles. The van der Waals surface area contributed by atoms with Crippen molar-refractivity contribution in [2.45, 2.75) is 17.7 Å². The highest BCUT2D eigenvalue weighted by Gasteiger charge is 2.29. The van der Waals surface area contributed by atoms with Gasteiger partial charge in [0, 0.05) is 23.8 Å². The molecule has 0 unspecified atom stereocenters. The maximum Gasteiger partial charge on any atom is 0.244 e. The molecule has 0 bridgehead atoms. The van der Waals surface area contributed by atoms with Crippen molar-refractivity contribution in [2.75, 3.05) is 18.8 Å². The standard InChI is InChI=1S/C10H12BrClN2O2S/c11-10-8(13)5-7(12)6-9(10)17(15,16)14-3-1-2-4-14/h5-6H,1-4,13H2. The number of nitrogens with zero attached hydrogens (tertiary/aromatic N) is 1. The van der Waals surface area contributed by atoms with Crippen LogP contribution in [0, 0.1) is 0 Å². The fourth-order valence-corrected chi connectivity index (χ4v) is 4.61. The summed E-state index contributed by atoms with van der Waals surface area (Å²) in [6.07, 6.45) is 1.79. The van der Waals surface area contributed by atoms with E-state index in [1.54, 1.807) is 0 Å². The van der Waals surface area contributed by atoms with Gasteiger partial charge in [0.2, 0.25) is 10.0 Å². The molecule has 17 heavy (non-hydrogen) atoms. The molecule has 0 aliphatic carbocycles.